The molecule has 190 valence electrons. The zero-order valence-corrected chi connectivity index (χ0v) is 21.0. The first kappa shape index (κ1) is 28.1. The summed E-state index contributed by atoms with van der Waals surface area (Å²) in [6.07, 6.45) is 0. The molecule has 0 N–H and O–H groups in total. The lowest BCUT2D eigenvalue weighted by Gasteiger charge is -2.24. The van der Waals surface area contributed by atoms with Gasteiger partial charge in [-0.2, -0.15) is 0 Å². The van der Waals surface area contributed by atoms with E-state index in [1.54, 1.807) is 38.1 Å². The standard InChI is InChI=1S/C24H26N4O7S/c1-15(2)23(30)34-12-10-27(11-13-35-24(31)16(3)4)19-8-6-18(7-9-19)25-26-22-20(17(5)29)14-21(36-22)28(32)33/h6-9,14H,1,3,10-13H2,2,4-5H3. The fourth-order valence-corrected chi connectivity index (χ4v) is 3.58. The Balaban J connectivity index is 2.15. The molecule has 36 heavy (non-hydrogen) atoms. The SMILES string of the molecule is C=C(C)C(=O)OCCN(CCOC(=O)C(=C)C)c1ccc(N=Nc2sc([N+](=O)[O-])cc2C(C)=O)cc1. The Bertz CT molecular complexity index is 1170. The van der Waals surface area contributed by atoms with Crippen LogP contribution in [0.4, 0.5) is 21.4 Å². The Labute approximate surface area is 211 Å². The van der Waals surface area contributed by atoms with Gasteiger partial charge in [-0.1, -0.05) is 13.2 Å². The van der Waals surface area contributed by atoms with Crippen LogP contribution in [0.15, 0.2) is 64.9 Å². The molecular weight excluding hydrogens is 488 g/mol. The van der Waals surface area contributed by atoms with Gasteiger partial charge in [0.05, 0.1) is 29.3 Å². The van der Waals surface area contributed by atoms with Gasteiger partial charge in [-0.3, -0.25) is 14.9 Å². The van der Waals surface area contributed by atoms with Gasteiger partial charge >= 0.3 is 16.9 Å². The van der Waals surface area contributed by atoms with E-state index in [-0.39, 0.29) is 45.7 Å². The van der Waals surface area contributed by atoms with E-state index < -0.39 is 16.9 Å². The average molecular weight is 515 g/mol. The Hall–Kier alpha value is -4.19. The summed E-state index contributed by atoms with van der Waals surface area (Å²) in [5.41, 5.74) is 1.90. The molecule has 2 aromatic rings. The van der Waals surface area contributed by atoms with Crippen LogP contribution in [0.2, 0.25) is 0 Å². The second kappa shape index (κ2) is 13.0. The van der Waals surface area contributed by atoms with E-state index in [1.807, 2.05) is 4.90 Å². The minimum atomic E-state index is -0.583. The molecular formula is C24H26N4O7S. The van der Waals surface area contributed by atoms with Gasteiger partial charge in [0, 0.05) is 22.9 Å². The molecule has 1 heterocycles. The predicted molar refractivity (Wildman–Crippen MR) is 135 cm³/mol. The minimum absolute atomic E-state index is 0.0898. The van der Waals surface area contributed by atoms with Crippen LogP contribution in [-0.2, 0) is 19.1 Å². The predicted octanol–water partition coefficient (Wildman–Crippen LogP) is 5.32. The summed E-state index contributed by atoms with van der Waals surface area (Å²) in [5.74, 6) is -1.35. The van der Waals surface area contributed by atoms with Crippen molar-refractivity contribution >= 4 is 50.4 Å². The lowest BCUT2D eigenvalue weighted by atomic mass is 10.2. The number of benzene rings is 1. The van der Waals surface area contributed by atoms with Gasteiger partial charge in [-0.05, 0) is 56.4 Å². The number of nitrogens with zero attached hydrogens (tertiary/aromatic N) is 4. The van der Waals surface area contributed by atoms with Crippen LogP contribution < -0.4 is 4.90 Å². The number of thiophene rings is 1. The monoisotopic (exact) mass is 514 g/mol. The van der Waals surface area contributed by atoms with Crippen LogP contribution in [0.1, 0.15) is 31.1 Å². The van der Waals surface area contributed by atoms with Crippen LogP contribution in [0.5, 0.6) is 0 Å². The number of azo groups is 1. The number of ketones is 1. The topological polar surface area (TPSA) is 141 Å². The molecule has 0 saturated heterocycles. The summed E-state index contributed by atoms with van der Waals surface area (Å²) < 4.78 is 10.3. The van der Waals surface area contributed by atoms with Crippen LogP contribution in [0.25, 0.3) is 0 Å². The Kier molecular flexibility index (Phi) is 10.2. The fraction of sp³-hybridized carbons (Fsp3) is 0.292. The van der Waals surface area contributed by atoms with Gasteiger partial charge in [0.15, 0.2) is 10.8 Å². The fourth-order valence-electron chi connectivity index (χ4n) is 2.73. The largest absolute Gasteiger partial charge is 0.460 e. The number of rotatable bonds is 13. The van der Waals surface area contributed by atoms with Gasteiger partial charge in [-0.25, -0.2) is 9.59 Å². The molecule has 0 bridgehead atoms. The number of nitro groups is 1. The third-order valence-electron chi connectivity index (χ3n) is 4.62. The van der Waals surface area contributed by atoms with Crippen LogP contribution in [0, 0.1) is 10.1 Å². The quantitative estimate of drug-likeness (QED) is 0.0873. The highest BCUT2D eigenvalue weighted by molar-refractivity contribution is 7.19. The van der Waals surface area contributed by atoms with Gasteiger partial charge < -0.3 is 14.4 Å². The number of hydrogen-bond donors (Lipinski definition) is 0. The zero-order chi connectivity index (χ0) is 26.8. The first-order chi connectivity index (χ1) is 17.0. The molecule has 0 atom stereocenters. The second-order valence-corrected chi connectivity index (χ2v) is 8.66. The van der Waals surface area contributed by atoms with E-state index in [0.717, 1.165) is 17.0 Å². The number of Topliss-reactive ketones (excluding diaryl/α,β-unsaturated/α-hetero) is 1. The molecule has 0 aliphatic rings. The van der Waals surface area contributed by atoms with Crippen molar-refractivity contribution in [1.29, 1.82) is 0 Å². The van der Waals surface area contributed by atoms with Crippen molar-refractivity contribution in [3.05, 3.63) is 70.3 Å². The number of ether oxygens (including phenoxy) is 2. The number of hydrogen-bond acceptors (Lipinski definition) is 11. The Morgan fingerprint density at radius 3 is 1.94 bits per heavy atom. The highest BCUT2D eigenvalue weighted by Crippen LogP contribution is 2.37. The summed E-state index contributed by atoms with van der Waals surface area (Å²) in [7, 11) is 0. The number of esters is 2. The van der Waals surface area contributed by atoms with Crippen molar-refractivity contribution in [3.8, 4) is 0 Å². The molecule has 1 aromatic heterocycles. The summed E-state index contributed by atoms with van der Waals surface area (Å²) >= 11 is 0.766. The van der Waals surface area contributed by atoms with Gasteiger partial charge in [0.2, 0.25) is 0 Å². The van der Waals surface area contributed by atoms with Gasteiger partial charge in [0.25, 0.3) is 0 Å². The maximum absolute atomic E-state index is 11.8. The van der Waals surface area contributed by atoms with E-state index in [1.165, 1.54) is 13.0 Å². The molecule has 0 unspecified atom stereocenters. The zero-order valence-electron chi connectivity index (χ0n) is 20.2. The number of carbonyl (C=O) groups excluding carboxylic acids is 3. The second-order valence-electron chi connectivity index (χ2n) is 7.65. The molecule has 0 amide bonds. The molecule has 12 heteroatoms. The lowest BCUT2D eigenvalue weighted by molar-refractivity contribution is -0.380. The van der Waals surface area contributed by atoms with E-state index in [0.29, 0.717) is 18.8 Å². The normalized spacial score (nSPS) is 10.6. The van der Waals surface area contributed by atoms with Crippen LogP contribution in [-0.4, -0.2) is 48.9 Å². The Morgan fingerprint density at radius 2 is 1.50 bits per heavy atom. The van der Waals surface area contributed by atoms with Gasteiger partial charge in [-0.15, -0.1) is 10.2 Å². The maximum atomic E-state index is 11.8. The van der Waals surface area contributed by atoms with Crippen molar-refractivity contribution in [2.75, 3.05) is 31.2 Å². The molecule has 0 aliphatic heterocycles. The third kappa shape index (κ3) is 8.24. The summed E-state index contributed by atoms with van der Waals surface area (Å²) in [4.78, 5) is 47.4. The summed E-state index contributed by atoms with van der Waals surface area (Å²) in [6.45, 7) is 12.3. The van der Waals surface area contributed by atoms with Crippen molar-refractivity contribution in [1.82, 2.24) is 0 Å². The van der Waals surface area contributed by atoms with E-state index in [9.17, 15) is 24.5 Å². The van der Waals surface area contributed by atoms with Crippen molar-refractivity contribution in [3.63, 3.8) is 0 Å². The molecule has 1 aromatic carbocycles. The minimum Gasteiger partial charge on any atom is -0.460 e. The van der Waals surface area contributed by atoms with E-state index in [2.05, 4.69) is 23.4 Å². The van der Waals surface area contributed by atoms with Crippen LogP contribution in [0.3, 0.4) is 0 Å². The van der Waals surface area contributed by atoms with Crippen molar-refractivity contribution in [2.24, 2.45) is 10.2 Å². The first-order valence-electron chi connectivity index (χ1n) is 10.7. The number of anilines is 1. The smallest absolute Gasteiger partial charge is 0.333 e. The molecule has 11 nitrogen and oxygen atoms in total. The van der Waals surface area contributed by atoms with Crippen molar-refractivity contribution < 1.29 is 28.8 Å². The third-order valence-corrected chi connectivity index (χ3v) is 5.59. The van der Waals surface area contributed by atoms with E-state index >= 15 is 0 Å². The summed E-state index contributed by atoms with van der Waals surface area (Å²) in [5, 5.41) is 19.1. The average Bonchev–Trinajstić information content (AvgIpc) is 3.27. The lowest BCUT2D eigenvalue weighted by Crippen LogP contribution is -2.32. The number of carbonyl (C=O) groups is 3. The molecule has 2 rings (SSSR count). The molecule has 0 spiro atoms. The molecule has 0 radical (unpaired) electrons. The summed E-state index contributed by atoms with van der Waals surface area (Å²) in [6, 6.07) is 8.02. The van der Waals surface area contributed by atoms with E-state index in [4.69, 9.17) is 9.47 Å². The van der Waals surface area contributed by atoms with Crippen LogP contribution >= 0.6 is 11.3 Å². The Morgan fingerprint density at radius 1 is 0.972 bits per heavy atom. The van der Waals surface area contributed by atoms with Crippen molar-refractivity contribution in [2.45, 2.75) is 20.8 Å². The first-order valence-corrected chi connectivity index (χ1v) is 11.5. The molecule has 0 fully saturated rings. The van der Waals surface area contributed by atoms with Gasteiger partial charge in [0.1, 0.15) is 13.2 Å². The maximum Gasteiger partial charge on any atom is 0.333 e. The molecule has 0 aliphatic carbocycles. The molecule has 0 saturated carbocycles. The highest BCUT2D eigenvalue weighted by atomic mass is 32.1. The highest BCUT2D eigenvalue weighted by Gasteiger charge is 2.19.